The van der Waals surface area contributed by atoms with E-state index in [1.54, 1.807) is 0 Å². The zero-order valence-electron chi connectivity index (χ0n) is 10.7. The normalized spacial score (nSPS) is 11.3. The minimum atomic E-state index is -0.229. The predicted molar refractivity (Wildman–Crippen MR) is 71.4 cm³/mol. The van der Waals surface area contributed by atoms with Crippen LogP contribution in [0, 0.1) is 0 Å². The second kappa shape index (κ2) is 6.44. The monoisotopic (exact) mass is 257 g/mol. The average Bonchev–Trinajstić information content (AvgIpc) is 2.93. The van der Waals surface area contributed by atoms with E-state index in [9.17, 15) is 4.79 Å². The van der Waals surface area contributed by atoms with E-state index in [-0.39, 0.29) is 12.5 Å². The van der Waals surface area contributed by atoms with Crippen molar-refractivity contribution < 1.29 is 4.79 Å². The molecule has 19 heavy (non-hydrogen) atoms. The summed E-state index contributed by atoms with van der Waals surface area (Å²) < 4.78 is 1.44. The third-order valence-corrected chi connectivity index (χ3v) is 2.53. The smallest absolute Gasteiger partial charge is 0.261 e. The molecule has 0 unspecified atom stereocenters. The van der Waals surface area contributed by atoms with Crippen molar-refractivity contribution in [2.75, 3.05) is 0 Å². The number of carbonyl (C=O) groups is 1. The van der Waals surface area contributed by atoms with Gasteiger partial charge in [-0.15, -0.1) is 0 Å². The van der Waals surface area contributed by atoms with Gasteiger partial charge in [0, 0.05) is 0 Å². The van der Waals surface area contributed by atoms with E-state index in [1.807, 2.05) is 37.3 Å². The van der Waals surface area contributed by atoms with Crippen molar-refractivity contribution in [3.63, 3.8) is 0 Å². The van der Waals surface area contributed by atoms with Crippen LogP contribution in [0.25, 0.3) is 0 Å². The minimum absolute atomic E-state index is 0.106. The molecule has 0 spiro atoms. The van der Waals surface area contributed by atoms with Gasteiger partial charge in [-0.2, -0.15) is 10.2 Å². The number of rotatable bonds is 5. The molecule has 2 aromatic rings. The Labute approximate surface area is 111 Å². The van der Waals surface area contributed by atoms with Gasteiger partial charge >= 0.3 is 0 Å². The molecule has 0 saturated carbocycles. The van der Waals surface area contributed by atoms with Crippen LogP contribution in [-0.2, 0) is 11.3 Å². The van der Waals surface area contributed by atoms with Gasteiger partial charge in [0.25, 0.3) is 5.91 Å². The SMILES string of the molecule is CCC(=NNC(=O)Cn1cncn1)c1ccccc1. The van der Waals surface area contributed by atoms with Gasteiger partial charge < -0.3 is 0 Å². The van der Waals surface area contributed by atoms with Crippen molar-refractivity contribution in [3.05, 3.63) is 48.5 Å². The molecule has 0 fully saturated rings. The fourth-order valence-corrected chi connectivity index (χ4v) is 1.60. The van der Waals surface area contributed by atoms with Gasteiger partial charge in [0.1, 0.15) is 19.2 Å². The van der Waals surface area contributed by atoms with Crippen molar-refractivity contribution in [3.8, 4) is 0 Å². The molecule has 0 atom stereocenters. The van der Waals surface area contributed by atoms with Crippen LogP contribution >= 0.6 is 0 Å². The summed E-state index contributed by atoms with van der Waals surface area (Å²) >= 11 is 0. The lowest BCUT2D eigenvalue weighted by Gasteiger charge is -2.05. The maximum absolute atomic E-state index is 11.7. The number of benzene rings is 1. The van der Waals surface area contributed by atoms with Gasteiger partial charge in [0.2, 0.25) is 0 Å². The van der Waals surface area contributed by atoms with Gasteiger partial charge in [0.15, 0.2) is 0 Å². The molecular formula is C13H15N5O. The van der Waals surface area contributed by atoms with Crippen LogP contribution in [0.15, 0.2) is 48.1 Å². The predicted octanol–water partition coefficient (Wildman–Crippen LogP) is 1.21. The summed E-state index contributed by atoms with van der Waals surface area (Å²) in [5.74, 6) is -0.229. The molecule has 1 amide bonds. The van der Waals surface area contributed by atoms with Gasteiger partial charge in [-0.1, -0.05) is 37.3 Å². The Morgan fingerprint density at radius 2 is 2.16 bits per heavy atom. The molecule has 98 valence electrons. The van der Waals surface area contributed by atoms with Crippen LogP contribution in [0.2, 0.25) is 0 Å². The lowest BCUT2D eigenvalue weighted by Crippen LogP contribution is -2.24. The van der Waals surface area contributed by atoms with Crippen molar-refractivity contribution >= 4 is 11.6 Å². The minimum Gasteiger partial charge on any atom is -0.271 e. The van der Waals surface area contributed by atoms with Gasteiger partial charge in [0.05, 0.1) is 5.71 Å². The third-order valence-electron chi connectivity index (χ3n) is 2.53. The van der Waals surface area contributed by atoms with Crippen LogP contribution in [0.1, 0.15) is 18.9 Å². The Balaban J connectivity index is 1.98. The molecule has 1 N–H and O–H groups in total. The van der Waals surface area contributed by atoms with E-state index in [4.69, 9.17) is 0 Å². The van der Waals surface area contributed by atoms with Crippen LogP contribution in [0.4, 0.5) is 0 Å². The first-order valence-electron chi connectivity index (χ1n) is 6.03. The number of amides is 1. The molecule has 0 bridgehead atoms. The summed E-state index contributed by atoms with van der Waals surface area (Å²) in [6, 6.07) is 9.76. The zero-order chi connectivity index (χ0) is 13.5. The highest BCUT2D eigenvalue weighted by Gasteiger charge is 2.04. The maximum Gasteiger partial charge on any atom is 0.261 e. The van der Waals surface area contributed by atoms with Crippen LogP contribution in [-0.4, -0.2) is 26.4 Å². The Morgan fingerprint density at radius 3 is 2.79 bits per heavy atom. The number of hydrogen-bond acceptors (Lipinski definition) is 4. The first-order chi connectivity index (χ1) is 9.29. The molecule has 2 rings (SSSR count). The highest BCUT2D eigenvalue weighted by atomic mass is 16.2. The molecular weight excluding hydrogens is 242 g/mol. The molecule has 1 aromatic heterocycles. The topological polar surface area (TPSA) is 72.2 Å². The number of carbonyl (C=O) groups excluding carboxylic acids is 1. The van der Waals surface area contributed by atoms with Crippen molar-refractivity contribution in [1.29, 1.82) is 0 Å². The molecule has 6 nitrogen and oxygen atoms in total. The van der Waals surface area contributed by atoms with E-state index in [1.165, 1.54) is 17.3 Å². The van der Waals surface area contributed by atoms with E-state index in [0.717, 1.165) is 17.7 Å². The summed E-state index contributed by atoms with van der Waals surface area (Å²) in [6.07, 6.45) is 3.62. The number of hydrogen-bond donors (Lipinski definition) is 1. The van der Waals surface area contributed by atoms with E-state index in [2.05, 4.69) is 20.6 Å². The second-order valence-electron chi connectivity index (χ2n) is 3.91. The van der Waals surface area contributed by atoms with Crippen LogP contribution in [0.5, 0.6) is 0 Å². The standard InChI is InChI=1S/C13H15N5O/c1-2-12(11-6-4-3-5-7-11)16-17-13(19)8-18-10-14-9-15-18/h3-7,9-10H,2,8H2,1H3,(H,17,19). The fourth-order valence-electron chi connectivity index (χ4n) is 1.60. The molecule has 0 aliphatic carbocycles. The Morgan fingerprint density at radius 1 is 1.37 bits per heavy atom. The van der Waals surface area contributed by atoms with Crippen LogP contribution in [0.3, 0.4) is 0 Å². The lowest BCUT2D eigenvalue weighted by molar-refractivity contribution is -0.121. The first-order valence-corrected chi connectivity index (χ1v) is 6.03. The number of nitrogens with one attached hydrogen (secondary N) is 1. The molecule has 0 aliphatic heterocycles. The Bertz CT molecular complexity index is 548. The Hall–Kier alpha value is -2.50. The summed E-state index contributed by atoms with van der Waals surface area (Å²) in [5, 5.41) is 8.01. The quantitative estimate of drug-likeness (QED) is 0.646. The molecule has 1 heterocycles. The molecule has 0 aliphatic rings. The summed E-state index contributed by atoms with van der Waals surface area (Å²) in [4.78, 5) is 15.4. The fraction of sp³-hybridized carbons (Fsp3) is 0.231. The summed E-state index contributed by atoms with van der Waals surface area (Å²) in [7, 11) is 0. The second-order valence-corrected chi connectivity index (χ2v) is 3.91. The Kier molecular flexibility index (Phi) is 4.39. The molecule has 6 heteroatoms. The average molecular weight is 257 g/mol. The number of aromatic nitrogens is 3. The zero-order valence-corrected chi connectivity index (χ0v) is 10.7. The van der Waals surface area contributed by atoms with Crippen molar-refractivity contribution in [2.24, 2.45) is 5.10 Å². The van der Waals surface area contributed by atoms with E-state index < -0.39 is 0 Å². The first kappa shape index (κ1) is 12.9. The molecule has 0 saturated heterocycles. The van der Waals surface area contributed by atoms with Gasteiger partial charge in [-0.05, 0) is 12.0 Å². The largest absolute Gasteiger partial charge is 0.271 e. The third kappa shape index (κ3) is 3.74. The number of hydrazone groups is 1. The highest BCUT2D eigenvalue weighted by molar-refractivity contribution is 6.00. The van der Waals surface area contributed by atoms with Gasteiger partial charge in [-0.25, -0.2) is 15.1 Å². The van der Waals surface area contributed by atoms with Crippen LogP contribution < -0.4 is 5.43 Å². The summed E-state index contributed by atoms with van der Waals surface area (Å²) in [5.41, 5.74) is 4.38. The van der Waals surface area contributed by atoms with Gasteiger partial charge in [-0.3, -0.25) is 4.79 Å². The summed E-state index contributed by atoms with van der Waals surface area (Å²) in [6.45, 7) is 2.10. The molecule has 1 aromatic carbocycles. The van der Waals surface area contributed by atoms with Crippen molar-refractivity contribution in [1.82, 2.24) is 20.2 Å². The maximum atomic E-state index is 11.7. The van der Waals surface area contributed by atoms with Crippen molar-refractivity contribution in [2.45, 2.75) is 19.9 Å². The number of nitrogens with zero attached hydrogens (tertiary/aromatic N) is 4. The van der Waals surface area contributed by atoms with E-state index >= 15 is 0 Å². The molecule has 0 radical (unpaired) electrons. The van der Waals surface area contributed by atoms with E-state index in [0.29, 0.717) is 0 Å². The lowest BCUT2D eigenvalue weighted by atomic mass is 10.1. The highest BCUT2D eigenvalue weighted by Crippen LogP contribution is 2.03.